The predicted octanol–water partition coefficient (Wildman–Crippen LogP) is 16.2. The Kier molecular flexibility index (Phi) is 7.47. The van der Waals surface area contributed by atoms with Crippen molar-refractivity contribution >= 4 is 48.6 Å². The van der Waals surface area contributed by atoms with E-state index in [-0.39, 0.29) is 0 Å². The lowest BCUT2D eigenvalue weighted by Crippen LogP contribution is -2.28. The Labute approximate surface area is 376 Å². The van der Waals surface area contributed by atoms with Gasteiger partial charge in [-0.3, -0.25) is 0 Å². The van der Waals surface area contributed by atoms with Gasteiger partial charge >= 0.3 is 0 Å². The van der Waals surface area contributed by atoms with Gasteiger partial charge in [0.15, 0.2) is 0 Å². The lowest BCUT2D eigenvalue weighted by atomic mass is 9.68. The molecule has 10 aromatic carbocycles. The van der Waals surface area contributed by atoms with Crippen molar-refractivity contribution in [1.82, 2.24) is 0 Å². The first-order valence-electron chi connectivity index (χ1n) is 22.3. The zero-order valence-electron chi connectivity index (χ0n) is 34.9. The molecule has 0 atom stereocenters. The molecule has 3 aliphatic carbocycles. The summed E-state index contributed by atoms with van der Waals surface area (Å²) in [5, 5.41) is 2.56. The summed E-state index contributed by atoms with van der Waals surface area (Å²) >= 11 is 1.88. The Hall–Kier alpha value is -7.78. The monoisotopic (exact) mass is 829 g/mol. The van der Waals surface area contributed by atoms with E-state index in [4.69, 9.17) is 0 Å². The normalized spacial score (nSPS) is 14.2. The molecule has 0 saturated carbocycles. The Bertz CT molecular complexity index is 3610. The number of anilines is 3. The molecule has 0 bridgehead atoms. The van der Waals surface area contributed by atoms with Crippen LogP contribution in [0, 0.1) is 0 Å². The van der Waals surface area contributed by atoms with Crippen molar-refractivity contribution < 1.29 is 0 Å². The van der Waals surface area contributed by atoms with Crippen molar-refractivity contribution in [2.75, 3.05) is 4.90 Å². The van der Waals surface area contributed by atoms with Gasteiger partial charge in [-0.2, -0.15) is 0 Å². The smallest absolute Gasteiger partial charge is 0.0726 e. The molecule has 1 aromatic heterocycles. The maximum absolute atomic E-state index is 2.59. The molecule has 0 unspecified atom stereocenters. The molecule has 0 N–H and O–H groups in total. The van der Waals surface area contributed by atoms with Gasteiger partial charge in [0.05, 0.1) is 22.2 Å². The molecular formula is C62H39NS. The molecule has 0 aliphatic heterocycles. The van der Waals surface area contributed by atoms with Gasteiger partial charge in [0.25, 0.3) is 0 Å². The van der Waals surface area contributed by atoms with Gasteiger partial charge in [0, 0.05) is 31.4 Å². The second-order valence-electron chi connectivity index (χ2n) is 17.4. The number of benzene rings is 10. The summed E-state index contributed by atoms with van der Waals surface area (Å²) in [6.45, 7) is 0. The van der Waals surface area contributed by atoms with Crippen molar-refractivity contribution in [3.8, 4) is 33.4 Å². The topological polar surface area (TPSA) is 3.24 Å². The van der Waals surface area contributed by atoms with E-state index in [1.54, 1.807) is 0 Å². The summed E-state index contributed by atoms with van der Waals surface area (Å²) in [6.07, 6.45) is 0. The first kappa shape index (κ1) is 35.8. The number of hydrogen-bond donors (Lipinski definition) is 0. The van der Waals surface area contributed by atoms with Crippen LogP contribution in [0.4, 0.5) is 17.1 Å². The fraction of sp³-hybridized carbons (Fsp3) is 0.0323. The highest BCUT2D eigenvalue weighted by molar-refractivity contribution is 7.26. The Balaban J connectivity index is 1.09. The highest BCUT2D eigenvalue weighted by Crippen LogP contribution is 2.65. The number of thiophene rings is 1. The van der Waals surface area contributed by atoms with Crippen LogP contribution >= 0.6 is 11.3 Å². The van der Waals surface area contributed by atoms with E-state index >= 15 is 0 Å². The van der Waals surface area contributed by atoms with Gasteiger partial charge in [-0.1, -0.05) is 200 Å². The fourth-order valence-corrected chi connectivity index (χ4v) is 13.4. The molecule has 64 heavy (non-hydrogen) atoms. The lowest BCUT2D eigenvalue weighted by Gasteiger charge is -2.34. The molecule has 0 fully saturated rings. The molecule has 2 heteroatoms. The SMILES string of the molecule is c1ccc(C2(c3ccccc3)c3ccccc3-c3cc(N(c4cccc5c4-c4ccccc4C54c5ccccc5-c5ccccc54)c4cccc5sc6ccccc6c45)ccc32)cc1. The Morgan fingerprint density at radius 1 is 0.312 bits per heavy atom. The van der Waals surface area contributed by atoms with Gasteiger partial charge in [0.1, 0.15) is 0 Å². The summed E-state index contributed by atoms with van der Waals surface area (Å²) < 4.78 is 2.58. The number of nitrogens with zero attached hydrogens (tertiary/aromatic N) is 1. The van der Waals surface area contributed by atoms with Crippen molar-refractivity contribution in [2.24, 2.45) is 0 Å². The largest absolute Gasteiger partial charge is 0.309 e. The van der Waals surface area contributed by atoms with Gasteiger partial charge in [-0.25, -0.2) is 0 Å². The van der Waals surface area contributed by atoms with Gasteiger partial charge in [-0.05, 0) is 109 Å². The second kappa shape index (κ2) is 13.4. The van der Waals surface area contributed by atoms with Crippen LogP contribution in [-0.4, -0.2) is 0 Å². The van der Waals surface area contributed by atoms with Gasteiger partial charge < -0.3 is 4.90 Å². The van der Waals surface area contributed by atoms with E-state index in [1.165, 1.54) is 109 Å². The minimum absolute atomic E-state index is 0.455. The molecule has 1 nitrogen and oxygen atoms in total. The third-order valence-corrected chi connectivity index (χ3v) is 15.7. The van der Waals surface area contributed by atoms with Crippen LogP contribution < -0.4 is 4.90 Å². The van der Waals surface area contributed by atoms with Crippen molar-refractivity contribution in [1.29, 1.82) is 0 Å². The van der Waals surface area contributed by atoms with Crippen molar-refractivity contribution in [3.63, 3.8) is 0 Å². The highest BCUT2D eigenvalue weighted by Gasteiger charge is 2.52. The van der Waals surface area contributed by atoms with Crippen LogP contribution in [0.1, 0.15) is 44.5 Å². The minimum Gasteiger partial charge on any atom is -0.309 e. The van der Waals surface area contributed by atoms with Crippen LogP contribution in [-0.2, 0) is 10.8 Å². The van der Waals surface area contributed by atoms with Crippen molar-refractivity contribution in [2.45, 2.75) is 10.8 Å². The third kappa shape index (κ3) is 4.53. The summed E-state index contributed by atoms with van der Waals surface area (Å²) in [5.41, 5.74) is 20.8. The average Bonchev–Trinajstić information content (AvgIpc) is 4.08. The lowest BCUT2D eigenvalue weighted by molar-refractivity contribution is 0.768. The summed E-state index contributed by atoms with van der Waals surface area (Å²) in [5.74, 6) is 0. The molecule has 1 spiro atoms. The molecular weight excluding hydrogens is 791 g/mol. The summed E-state index contributed by atoms with van der Waals surface area (Å²) in [6, 6.07) is 88.9. The molecule has 14 rings (SSSR count). The average molecular weight is 830 g/mol. The van der Waals surface area contributed by atoms with Crippen molar-refractivity contribution in [3.05, 3.63) is 281 Å². The highest BCUT2D eigenvalue weighted by atomic mass is 32.1. The molecule has 0 saturated heterocycles. The number of rotatable bonds is 5. The van der Waals surface area contributed by atoms with E-state index in [9.17, 15) is 0 Å². The Morgan fingerprint density at radius 2 is 0.781 bits per heavy atom. The zero-order chi connectivity index (χ0) is 42.0. The zero-order valence-corrected chi connectivity index (χ0v) is 35.7. The minimum atomic E-state index is -0.482. The maximum atomic E-state index is 2.59. The first-order chi connectivity index (χ1) is 31.8. The summed E-state index contributed by atoms with van der Waals surface area (Å²) in [7, 11) is 0. The number of hydrogen-bond acceptors (Lipinski definition) is 2. The third-order valence-electron chi connectivity index (χ3n) is 14.6. The molecule has 0 amide bonds. The fourth-order valence-electron chi connectivity index (χ4n) is 12.2. The second-order valence-corrected chi connectivity index (χ2v) is 18.5. The molecule has 11 aromatic rings. The van der Waals surface area contributed by atoms with Gasteiger partial charge in [-0.15, -0.1) is 11.3 Å². The van der Waals surface area contributed by atoms with E-state index in [0.717, 1.165) is 5.69 Å². The number of fused-ring (bicyclic) bond motifs is 16. The molecule has 1 heterocycles. The molecule has 3 aliphatic rings. The summed E-state index contributed by atoms with van der Waals surface area (Å²) in [4.78, 5) is 2.59. The van der Waals surface area contributed by atoms with E-state index in [2.05, 4.69) is 241 Å². The van der Waals surface area contributed by atoms with Crippen LogP contribution in [0.3, 0.4) is 0 Å². The quantitative estimate of drug-likeness (QED) is 0.167. The Morgan fingerprint density at radius 3 is 1.45 bits per heavy atom. The van der Waals surface area contributed by atoms with Crippen LogP contribution in [0.15, 0.2) is 237 Å². The van der Waals surface area contributed by atoms with E-state index in [0.29, 0.717) is 0 Å². The maximum Gasteiger partial charge on any atom is 0.0726 e. The molecule has 0 radical (unpaired) electrons. The van der Waals surface area contributed by atoms with Crippen LogP contribution in [0.25, 0.3) is 53.6 Å². The van der Waals surface area contributed by atoms with Crippen LogP contribution in [0.2, 0.25) is 0 Å². The van der Waals surface area contributed by atoms with E-state index < -0.39 is 10.8 Å². The van der Waals surface area contributed by atoms with E-state index in [1.807, 2.05) is 11.3 Å². The van der Waals surface area contributed by atoms with Gasteiger partial charge in [0.2, 0.25) is 0 Å². The predicted molar refractivity (Wildman–Crippen MR) is 268 cm³/mol. The van der Waals surface area contributed by atoms with Crippen LogP contribution in [0.5, 0.6) is 0 Å². The molecule has 298 valence electrons. The standard InChI is InChI=1S/C62H39NS/c1-3-19-40(20-4-1)61(41-21-5-2-6-22-41)49-28-12-9-25-45(49)48-39-42(37-38-53(48)61)63(56-34-18-36-58-60(56)47-27-11-16-35-57(47)64-58)55-33-17-32-54-59(55)46-26-10-15-31-52(46)62(54)50-29-13-7-23-43(50)44-24-8-14-30-51(44)62/h1-39H. The first-order valence-corrected chi connectivity index (χ1v) is 23.1.